The SMILES string of the molecule is O=[N+]([O-])c1cc(/N=N/c2cc(Br)c(O)c([N+](=O)[O-])c2)cc(Br)c1O. The Hall–Kier alpha value is -2.60. The number of nitro groups is 2. The molecule has 0 aliphatic carbocycles. The molecule has 12 heteroatoms. The van der Waals surface area contributed by atoms with Crippen LogP contribution in [-0.2, 0) is 0 Å². The second kappa shape index (κ2) is 6.88. The molecule has 0 atom stereocenters. The first-order chi connectivity index (χ1) is 11.2. The van der Waals surface area contributed by atoms with Gasteiger partial charge in [0, 0.05) is 12.1 Å². The van der Waals surface area contributed by atoms with Crippen LogP contribution in [0.1, 0.15) is 0 Å². The third kappa shape index (κ3) is 3.65. The van der Waals surface area contributed by atoms with Crippen molar-refractivity contribution in [1.82, 2.24) is 0 Å². The third-order valence-corrected chi connectivity index (χ3v) is 3.94. The molecular weight excluding hydrogens is 456 g/mol. The Labute approximate surface area is 150 Å². The van der Waals surface area contributed by atoms with Crippen LogP contribution in [0.25, 0.3) is 0 Å². The van der Waals surface area contributed by atoms with Gasteiger partial charge in [-0.2, -0.15) is 10.2 Å². The molecule has 0 bridgehead atoms. The van der Waals surface area contributed by atoms with Gasteiger partial charge in [0.15, 0.2) is 0 Å². The van der Waals surface area contributed by atoms with E-state index in [4.69, 9.17) is 0 Å². The normalized spacial score (nSPS) is 10.9. The molecule has 24 heavy (non-hydrogen) atoms. The fourth-order valence-electron chi connectivity index (χ4n) is 1.65. The van der Waals surface area contributed by atoms with E-state index in [1.54, 1.807) is 0 Å². The number of phenolic OH excluding ortho intramolecular Hbond substituents is 2. The second-order valence-corrected chi connectivity index (χ2v) is 6.01. The molecule has 124 valence electrons. The molecule has 0 amide bonds. The van der Waals surface area contributed by atoms with Gasteiger partial charge in [0.1, 0.15) is 0 Å². The van der Waals surface area contributed by atoms with Crippen molar-refractivity contribution in [2.75, 3.05) is 0 Å². The van der Waals surface area contributed by atoms with E-state index in [9.17, 15) is 30.4 Å². The number of hydrogen-bond acceptors (Lipinski definition) is 8. The van der Waals surface area contributed by atoms with E-state index >= 15 is 0 Å². The monoisotopic (exact) mass is 460 g/mol. The smallest absolute Gasteiger partial charge is 0.314 e. The molecule has 0 unspecified atom stereocenters. The number of halogens is 2. The highest BCUT2D eigenvalue weighted by Crippen LogP contribution is 2.40. The quantitative estimate of drug-likeness (QED) is 0.377. The van der Waals surface area contributed by atoms with Gasteiger partial charge in [0.25, 0.3) is 0 Å². The molecule has 2 N–H and O–H groups in total. The van der Waals surface area contributed by atoms with Crippen LogP contribution in [0.2, 0.25) is 0 Å². The molecule has 0 spiro atoms. The van der Waals surface area contributed by atoms with Gasteiger partial charge in [0.2, 0.25) is 11.5 Å². The highest BCUT2D eigenvalue weighted by molar-refractivity contribution is 9.11. The summed E-state index contributed by atoms with van der Waals surface area (Å²) in [5.74, 6) is -1.11. The summed E-state index contributed by atoms with van der Waals surface area (Å²) >= 11 is 5.91. The predicted molar refractivity (Wildman–Crippen MR) is 89.1 cm³/mol. The minimum absolute atomic E-state index is 0.0400. The largest absolute Gasteiger partial charge is 0.501 e. The number of hydrogen-bond donors (Lipinski definition) is 2. The third-order valence-electron chi connectivity index (χ3n) is 2.73. The van der Waals surface area contributed by atoms with Crippen molar-refractivity contribution in [1.29, 1.82) is 0 Å². The lowest BCUT2D eigenvalue weighted by molar-refractivity contribution is -0.386. The molecule has 0 aliphatic rings. The lowest BCUT2D eigenvalue weighted by Gasteiger charge is -2.01. The van der Waals surface area contributed by atoms with Gasteiger partial charge in [-0.15, -0.1) is 0 Å². The first-order valence-electron chi connectivity index (χ1n) is 5.96. The van der Waals surface area contributed by atoms with Crippen molar-refractivity contribution >= 4 is 54.6 Å². The zero-order valence-electron chi connectivity index (χ0n) is 11.4. The number of nitro benzene ring substituents is 2. The number of nitrogens with zero attached hydrogens (tertiary/aromatic N) is 4. The highest BCUT2D eigenvalue weighted by Gasteiger charge is 2.19. The number of azo groups is 1. The number of aromatic hydroxyl groups is 2. The van der Waals surface area contributed by atoms with Gasteiger partial charge >= 0.3 is 11.4 Å². The van der Waals surface area contributed by atoms with E-state index < -0.39 is 32.7 Å². The Morgan fingerprint density at radius 3 is 1.42 bits per heavy atom. The Morgan fingerprint density at radius 1 is 0.792 bits per heavy atom. The molecule has 0 heterocycles. The summed E-state index contributed by atoms with van der Waals surface area (Å²) in [4.78, 5) is 20.1. The molecule has 0 radical (unpaired) electrons. The fourth-order valence-corrected chi connectivity index (χ4v) is 2.53. The molecular formula is C12H6Br2N4O6. The van der Waals surface area contributed by atoms with E-state index in [0.29, 0.717) is 0 Å². The van der Waals surface area contributed by atoms with Crippen LogP contribution in [0.3, 0.4) is 0 Å². The molecule has 0 aliphatic heterocycles. The zero-order chi connectivity index (χ0) is 18.0. The van der Waals surface area contributed by atoms with Gasteiger partial charge < -0.3 is 10.2 Å². The van der Waals surface area contributed by atoms with Crippen molar-refractivity contribution < 1.29 is 20.1 Å². The maximum absolute atomic E-state index is 10.8. The summed E-state index contributed by atoms with van der Waals surface area (Å²) in [5, 5.41) is 48.3. The summed E-state index contributed by atoms with van der Waals surface area (Å²) in [6.45, 7) is 0. The molecule has 2 aromatic rings. The van der Waals surface area contributed by atoms with Crippen LogP contribution in [0.15, 0.2) is 43.4 Å². The number of rotatable bonds is 4. The first-order valence-corrected chi connectivity index (χ1v) is 7.55. The molecule has 10 nitrogen and oxygen atoms in total. The van der Waals surface area contributed by atoms with Crippen LogP contribution in [0.4, 0.5) is 22.7 Å². The van der Waals surface area contributed by atoms with E-state index in [1.165, 1.54) is 12.1 Å². The zero-order valence-corrected chi connectivity index (χ0v) is 14.6. The molecule has 0 fully saturated rings. The van der Waals surface area contributed by atoms with Gasteiger partial charge in [-0.3, -0.25) is 20.2 Å². The lowest BCUT2D eigenvalue weighted by atomic mass is 10.2. The average Bonchev–Trinajstić information content (AvgIpc) is 2.50. The van der Waals surface area contributed by atoms with Crippen LogP contribution in [0, 0.1) is 20.2 Å². The molecule has 2 rings (SSSR count). The number of benzene rings is 2. The second-order valence-electron chi connectivity index (χ2n) is 4.30. The Morgan fingerprint density at radius 2 is 1.12 bits per heavy atom. The molecule has 2 aromatic carbocycles. The Kier molecular flexibility index (Phi) is 5.09. The minimum atomic E-state index is -0.791. The Bertz CT molecular complexity index is 815. The van der Waals surface area contributed by atoms with Gasteiger partial charge in [0.05, 0.1) is 30.2 Å². The van der Waals surface area contributed by atoms with Crippen molar-refractivity contribution in [3.05, 3.63) is 53.4 Å². The summed E-state index contributed by atoms with van der Waals surface area (Å²) < 4.78 is 0.0898. The standard InChI is InChI=1S/C12H6Br2N4O6/c13-7-1-5(3-9(11(7)19)17(21)22)15-16-6-2-8(14)12(20)10(4-6)18(23)24/h1-4,19-20H/b16-15+. The first kappa shape index (κ1) is 17.7. The molecule has 0 saturated heterocycles. The Balaban J connectivity index is 2.45. The average molecular weight is 462 g/mol. The summed E-state index contributed by atoms with van der Waals surface area (Å²) in [7, 11) is 0. The number of phenols is 2. The van der Waals surface area contributed by atoms with E-state index in [2.05, 4.69) is 42.1 Å². The fraction of sp³-hybridized carbons (Fsp3) is 0. The predicted octanol–water partition coefficient (Wildman–Crippen LogP) is 4.85. The van der Waals surface area contributed by atoms with E-state index in [1.807, 2.05) is 0 Å². The summed E-state index contributed by atoms with van der Waals surface area (Å²) in [6, 6.07) is 4.56. The summed E-state index contributed by atoms with van der Waals surface area (Å²) in [5.41, 5.74) is -1.07. The molecule has 0 saturated carbocycles. The van der Waals surface area contributed by atoms with Crippen LogP contribution in [-0.4, -0.2) is 20.1 Å². The van der Waals surface area contributed by atoms with Crippen LogP contribution >= 0.6 is 31.9 Å². The maximum Gasteiger partial charge on any atom is 0.314 e. The summed E-state index contributed by atoms with van der Waals surface area (Å²) in [6.07, 6.45) is 0. The molecule has 0 aromatic heterocycles. The van der Waals surface area contributed by atoms with E-state index in [-0.39, 0.29) is 20.3 Å². The van der Waals surface area contributed by atoms with Gasteiger partial charge in [-0.05, 0) is 44.0 Å². The van der Waals surface area contributed by atoms with Crippen LogP contribution in [0.5, 0.6) is 11.5 Å². The minimum Gasteiger partial charge on any atom is -0.501 e. The highest BCUT2D eigenvalue weighted by atomic mass is 79.9. The van der Waals surface area contributed by atoms with Gasteiger partial charge in [-0.1, -0.05) is 0 Å². The van der Waals surface area contributed by atoms with Crippen molar-refractivity contribution in [3.63, 3.8) is 0 Å². The maximum atomic E-state index is 10.8. The van der Waals surface area contributed by atoms with Crippen LogP contribution < -0.4 is 0 Å². The van der Waals surface area contributed by atoms with Gasteiger partial charge in [-0.25, -0.2) is 0 Å². The van der Waals surface area contributed by atoms with E-state index in [0.717, 1.165) is 12.1 Å². The van der Waals surface area contributed by atoms with Crippen molar-refractivity contribution in [2.24, 2.45) is 10.2 Å². The lowest BCUT2D eigenvalue weighted by Crippen LogP contribution is -1.89. The van der Waals surface area contributed by atoms with Crippen molar-refractivity contribution in [2.45, 2.75) is 0 Å². The topological polar surface area (TPSA) is 151 Å². The van der Waals surface area contributed by atoms with Crippen molar-refractivity contribution in [3.8, 4) is 11.5 Å².